The Kier molecular flexibility index (Phi) is 3.34. The lowest BCUT2D eigenvalue weighted by Crippen LogP contribution is -2.08. The van der Waals surface area contributed by atoms with Gasteiger partial charge >= 0.3 is 0 Å². The first-order valence-electron chi connectivity index (χ1n) is 6.81. The van der Waals surface area contributed by atoms with Crippen molar-refractivity contribution in [3.8, 4) is 0 Å². The van der Waals surface area contributed by atoms with Crippen molar-refractivity contribution in [3.05, 3.63) is 47.1 Å². The molecule has 2 atom stereocenters. The molecule has 1 aliphatic rings. The first kappa shape index (κ1) is 12.4. The van der Waals surface area contributed by atoms with Crippen LogP contribution >= 0.6 is 0 Å². The van der Waals surface area contributed by atoms with Gasteiger partial charge in [-0.25, -0.2) is 0 Å². The van der Waals surface area contributed by atoms with Crippen molar-refractivity contribution >= 4 is 0 Å². The van der Waals surface area contributed by atoms with E-state index in [0.717, 1.165) is 31.2 Å². The van der Waals surface area contributed by atoms with Crippen molar-refractivity contribution in [2.75, 3.05) is 13.1 Å². The summed E-state index contributed by atoms with van der Waals surface area (Å²) in [5, 5.41) is 7.47. The van der Waals surface area contributed by atoms with Crippen molar-refractivity contribution < 1.29 is 4.52 Å². The molecule has 100 valence electrons. The SMILES string of the molecule is Cc1cccc(Cc2noc(C3CNCC3C)n2)c1. The number of benzene rings is 1. The van der Waals surface area contributed by atoms with Crippen LogP contribution in [0.25, 0.3) is 0 Å². The number of aromatic nitrogens is 2. The van der Waals surface area contributed by atoms with Gasteiger partial charge in [0.1, 0.15) is 0 Å². The number of hydrogen-bond donors (Lipinski definition) is 1. The van der Waals surface area contributed by atoms with E-state index in [0.29, 0.717) is 11.8 Å². The third kappa shape index (κ3) is 2.68. The molecule has 1 aromatic carbocycles. The summed E-state index contributed by atoms with van der Waals surface area (Å²) in [6, 6.07) is 8.42. The molecule has 0 bridgehead atoms. The van der Waals surface area contributed by atoms with Gasteiger partial charge in [-0.2, -0.15) is 4.98 Å². The van der Waals surface area contributed by atoms with Crippen molar-refractivity contribution in [1.82, 2.24) is 15.5 Å². The summed E-state index contributed by atoms with van der Waals surface area (Å²) in [5.74, 6) is 2.48. The van der Waals surface area contributed by atoms with Crippen LogP contribution in [0.5, 0.6) is 0 Å². The molecular formula is C15H19N3O. The van der Waals surface area contributed by atoms with Gasteiger partial charge in [-0.1, -0.05) is 41.9 Å². The maximum Gasteiger partial charge on any atom is 0.231 e. The first-order chi connectivity index (χ1) is 9.22. The van der Waals surface area contributed by atoms with Gasteiger partial charge in [0.05, 0.1) is 5.92 Å². The molecule has 0 saturated carbocycles. The van der Waals surface area contributed by atoms with Crippen LogP contribution in [-0.4, -0.2) is 23.2 Å². The molecule has 1 N–H and O–H groups in total. The topological polar surface area (TPSA) is 51.0 Å². The highest BCUT2D eigenvalue weighted by molar-refractivity contribution is 5.24. The molecule has 1 aliphatic heterocycles. The molecule has 3 rings (SSSR count). The fourth-order valence-electron chi connectivity index (χ4n) is 2.64. The monoisotopic (exact) mass is 257 g/mol. The van der Waals surface area contributed by atoms with E-state index in [4.69, 9.17) is 4.52 Å². The molecule has 4 heteroatoms. The molecule has 1 fully saturated rings. The summed E-state index contributed by atoms with van der Waals surface area (Å²) in [7, 11) is 0. The molecule has 0 radical (unpaired) electrons. The first-order valence-corrected chi connectivity index (χ1v) is 6.81. The van der Waals surface area contributed by atoms with Crippen LogP contribution in [0.4, 0.5) is 0 Å². The van der Waals surface area contributed by atoms with Crippen LogP contribution in [0.1, 0.15) is 35.7 Å². The Morgan fingerprint density at radius 1 is 1.37 bits per heavy atom. The lowest BCUT2D eigenvalue weighted by Gasteiger charge is -2.07. The highest BCUT2D eigenvalue weighted by Crippen LogP contribution is 2.26. The summed E-state index contributed by atoms with van der Waals surface area (Å²) in [6.07, 6.45) is 0.736. The molecule has 2 unspecified atom stereocenters. The van der Waals surface area contributed by atoms with E-state index in [2.05, 4.69) is 53.6 Å². The number of hydrogen-bond acceptors (Lipinski definition) is 4. The largest absolute Gasteiger partial charge is 0.339 e. The van der Waals surface area contributed by atoms with Gasteiger partial charge in [0.25, 0.3) is 0 Å². The zero-order valence-electron chi connectivity index (χ0n) is 11.4. The van der Waals surface area contributed by atoms with Gasteiger partial charge in [-0.05, 0) is 24.9 Å². The summed E-state index contributed by atoms with van der Waals surface area (Å²) in [4.78, 5) is 4.55. The fraction of sp³-hybridized carbons (Fsp3) is 0.467. The Morgan fingerprint density at radius 2 is 2.26 bits per heavy atom. The molecule has 4 nitrogen and oxygen atoms in total. The Bertz CT molecular complexity index is 564. The fourth-order valence-corrected chi connectivity index (χ4v) is 2.64. The maximum absolute atomic E-state index is 5.42. The van der Waals surface area contributed by atoms with Gasteiger partial charge in [-0.15, -0.1) is 0 Å². The van der Waals surface area contributed by atoms with E-state index in [9.17, 15) is 0 Å². The van der Waals surface area contributed by atoms with Crippen molar-refractivity contribution in [2.45, 2.75) is 26.2 Å². The van der Waals surface area contributed by atoms with Crippen molar-refractivity contribution in [1.29, 1.82) is 0 Å². The summed E-state index contributed by atoms with van der Waals surface area (Å²) < 4.78 is 5.42. The van der Waals surface area contributed by atoms with Crippen LogP contribution in [0.3, 0.4) is 0 Å². The maximum atomic E-state index is 5.42. The van der Waals surface area contributed by atoms with Gasteiger partial charge in [-0.3, -0.25) is 0 Å². The number of aryl methyl sites for hydroxylation is 1. The molecule has 1 aromatic heterocycles. The Balaban J connectivity index is 1.74. The van der Waals surface area contributed by atoms with Crippen LogP contribution in [0, 0.1) is 12.8 Å². The average molecular weight is 257 g/mol. The summed E-state index contributed by atoms with van der Waals surface area (Å²) >= 11 is 0. The van der Waals surface area contributed by atoms with E-state index in [-0.39, 0.29) is 0 Å². The van der Waals surface area contributed by atoms with Crippen molar-refractivity contribution in [2.24, 2.45) is 5.92 Å². The number of rotatable bonds is 3. The second-order valence-corrected chi connectivity index (χ2v) is 5.46. The summed E-state index contributed by atoms with van der Waals surface area (Å²) in [6.45, 7) is 6.28. The normalized spacial score (nSPS) is 22.8. The zero-order valence-corrected chi connectivity index (χ0v) is 11.4. The Labute approximate surface area is 113 Å². The van der Waals surface area contributed by atoms with Gasteiger partial charge in [0.15, 0.2) is 5.82 Å². The lowest BCUT2D eigenvalue weighted by atomic mass is 9.98. The second kappa shape index (κ2) is 5.13. The molecule has 0 spiro atoms. The Hall–Kier alpha value is -1.68. The second-order valence-electron chi connectivity index (χ2n) is 5.46. The van der Waals surface area contributed by atoms with E-state index in [1.807, 2.05) is 0 Å². The molecule has 2 heterocycles. The minimum absolute atomic E-state index is 0.360. The molecule has 0 amide bonds. The van der Waals surface area contributed by atoms with Crippen LogP contribution in [-0.2, 0) is 6.42 Å². The number of nitrogens with one attached hydrogen (secondary N) is 1. The molecule has 19 heavy (non-hydrogen) atoms. The number of nitrogens with zero attached hydrogens (tertiary/aromatic N) is 2. The molecular weight excluding hydrogens is 238 g/mol. The van der Waals surface area contributed by atoms with E-state index in [1.54, 1.807) is 0 Å². The molecule has 1 saturated heterocycles. The predicted octanol–water partition coefficient (Wildman–Crippen LogP) is 2.29. The average Bonchev–Trinajstić information content (AvgIpc) is 2.98. The Morgan fingerprint density at radius 3 is 3.00 bits per heavy atom. The van der Waals surface area contributed by atoms with Gasteiger partial charge in [0, 0.05) is 13.0 Å². The summed E-state index contributed by atoms with van der Waals surface area (Å²) in [5.41, 5.74) is 2.49. The molecule has 2 aromatic rings. The van der Waals surface area contributed by atoms with Crippen LogP contribution in [0.2, 0.25) is 0 Å². The van der Waals surface area contributed by atoms with Crippen molar-refractivity contribution in [3.63, 3.8) is 0 Å². The highest BCUT2D eigenvalue weighted by Gasteiger charge is 2.29. The quantitative estimate of drug-likeness (QED) is 0.916. The highest BCUT2D eigenvalue weighted by atomic mass is 16.5. The zero-order chi connectivity index (χ0) is 13.2. The van der Waals surface area contributed by atoms with E-state index < -0.39 is 0 Å². The predicted molar refractivity (Wildman–Crippen MR) is 73.1 cm³/mol. The lowest BCUT2D eigenvalue weighted by molar-refractivity contribution is 0.337. The van der Waals surface area contributed by atoms with E-state index >= 15 is 0 Å². The standard InChI is InChI=1S/C15H19N3O/c1-10-4-3-5-12(6-10)7-14-17-15(19-18-14)13-9-16-8-11(13)2/h3-6,11,13,16H,7-9H2,1-2H3. The van der Waals surface area contributed by atoms with E-state index in [1.165, 1.54) is 11.1 Å². The minimum atomic E-state index is 0.360. The third-order valence-corrected chi connectivity index (χ3v) is 3.76. The third-order valence-electron chi connectivity index (χ3n) is 3.76. The smallest absolute Gasteiger partial charge is 0.231 e. The van der Waals surface area contributed by atoms with Crippen LogP contribution < -0.4 is 5.32 Å². The minimum Gasteiger partial charge on any atom is -0.339 e. The van der Waals surface area contributed by atoms with Gasteiger partial charge in [0.2, 0.25) is 5.89 Å². The van der Waals surface area contributed by atoms with Crippen LogP contribution in [0.15, 0.2) is 28.8 Å². The van der Waals surface area contributed by atoms with Gasteiger partial charge < -0.3 is 9.84 Å². The molecule has 0 aliphatic carbocycles.